The van der Waals surface area contributed by atoms with Gasteiger partial charge in [0.2, 0.25) is 53.2 Å². The lowest BCUT2D eigenvalue weighted by Crippen LogP contribution is -2.52. The van der Waals surface area contributed by atoms with Crippen molar-refractivity contribution < 1.29 is 142 Å². The Morgan fingerprint density at radius 2 is 0.924 bits per heavy atom. The number of carbonyl (C=O) groups is 20. The standard InChI is InChI=1S/C93H131N9O29S/c1-9-52(4)85(80(116)40-61(34-58-20-25-65(107)26-21-58)88(126)97-72(32-51(2)3)76(112)38-62(42-83(120)121)87(125)96-54(6)16-13-14-30-94)101-90(128)64(47-103)41-77(113)73(36-59-22-27-66(108)28-23-59)98-89(127)63(43-84(122)123)39-78(114)75(48-104)100-92(130)71(56(8)106)45-79(115)74(35-57-17-11-10-12-18-57)99-91(129)70(55(7)105)44-68(110)46-95-86(124)60(24-29-82(118)119)37-69(111)50-132-49-67(109)19-15-31-102-81(117)33-53(5)93(102)131/h10-12,17-18,20-23,25-28,51-56,60-64,70-75,85,103-108H,9,13-16,19,24,29-50,94H2,1-8H3,(H,95,124)(H,96,125)(H,97,126)(H,98,127)(H,99,129)(H,100,130)(H,101,128)(H,118,119)(H,120,121)(H,122,123)/t52-,53+,54+,55+,56+,60+,61+,62-,63-,64-,70-,71-,72-,73-,74-,75-,85-/m0/s1. The fourth-order valence-corrected chi connectivity index (χ4v) is 15.9. The molecule has 1 heterocycles. The summed E-state index contributed by atoms with van der Waals surface area (Å²) in [5.74, 6) is -31.3. The zero-order chi connectivity index (χ0) is 98.8. The van der Waals surface area contributed by atoms with Gasteiger partial charge < -0.3 is 88.9 Å². The van der Waals surface area contributed by atoms with Crippen molar-refractivity contribution >= 4 is 129 Å². The van der Waals surface area contributed by atoms with Gasteiger partial charge in [0.05, 0.1) is 110 Å². The van der Waals surface area contributed by atoms with Gasteiger partial charge in [0.15, 0.2) is 34.7 Å². The predicted octanol–water partition coefficient (Wildman–Crippen LogP) is 2.46. The number of nitrogens with two attached hydrogens (primary N) is 1. The smallest absolute Gasteiger partial charge is 0.304 e. The summed E-state index contributed by atoms with van der Waals surface area (Å²) in [6.07, 6.45) is -9.94. The van der Waals surface area contributed by atoms with E-state index in [1.807, 2.05) is 0 Å². The van der Waals surface area contributed by atoms with E-state index in [4.69, 9.17) is 5.73 Å². The Bertz CT molecular complexity index is 4450. The normalized spacial score (nSPS) is 16.2. The van der Waals surface area contributed by atoms with Crippen molar-refractivity contribution in [2.75, 3.05) is 44.4 Å². The van der Waals surface area contributed by atoms with Gasteiger partial charge in [-0.3, -0.25) is 101 Å². The molecule has 0 saturated carbocycles. The number of rotatable bonds is 67. The number of aliphatic hydroxyl groups excluding tert-OH is 4. The minimum Gasteiger partial charge on any atom is -0.508 e. The Labute approximate surface area is 770 Å². The number of nitrogens with one attached hydrogen (secondary N) is 7. The highest BCUT2D eigenvalue weighted by atomic mass is 32.2. The van der Waals surface area contributed by atoms with Crippen LogP contribution in [0, 0.1) is 59.2 Å². The number of hydrogen-bond donors (Lipinski definition) is 17. The molecule has 0 bridgehead atoms. The number of likely N-dealkylation sites (tertiary alicyclic amines) is 1. The number of benzene rings is 3. The number of hydrogen-bond acceptors (Lipinski definition) is 28. The second-order valence-corrected chi connectivity index (χ2v) is 35.7. The number of phenols is 2. The highest BCUT2D eigenvalue weighted by Crippen LogP contribution is 2.27. The van der Waals surface area contributed by atoms with E-state index in [1.54, 1.807) is 71.9 Å². The number of ketones is 8. The molecule has 1 aliphatic rings. The molecule has 3 aromatic carbocycles. The average molecular weight is 1870 g/mol. The van der Waals surface area contributed by atoms with Crippen LogP contribution in [-0.4, -0.2) is 261 Å². The molecule has 9 amide bonds. The summed E-state index contributed by atoms with van der Waals surface area (Å²) in [7, 11) is 0. The van der Waals surface area contributed by atoms with Crippen LogP contribution < -0.4 is 43.0 Å². The van der Waals surface area contributed by atoms with Gasteiger partial charge in [-0.1, -0.05) is 102 Å². The fraction of sp³-hybridized carbons (Fsp3) is 0.591. The summed E-state index contributed by atoms with van der Waals surface area (Å²) in [5, 5.41) is 111. The number of carbonyl (C=O) groups excluding carboxylic acids is 17. The van der Waals surface area contributed by atoms with Crippen molar-refractivity contribution in [3.05, 3.63) is 95.6 Å². The molecule has 0 unspecified atom stereocenters. The summed E-state index contributed by atoms with van der Waals surface area (Å²) in [6, 6.07) is 10.4. The van der Waals surface area contributed by atoms with Gasteiger partial charge in [0.25, 0.3) is 0 Å². The molecule has 18 N–H and O–H groups in total. The molecule has 17 atom stereocenters. The first-order valence-corrected chi connectivity index (χ1v) is 45.7. The monoisotopic (exact) mass is 1870 g/mol. The maximum Gasteiger partial charge on any atom is 0.304 e. The second kappa shape index (κ2) is 57.8. The number of amides is 9. The lowest BCUT2D eigenvalue weighted by molar-refractivity contribution is -0.143. The molecule has 3 aromatic rings. The van der Waals surface area contributed by atoms with E-state index in [-0.39, 0.29) is 110 Å². The van der Waals surface area contributed by atoms with E-state index in [1.165, 1.54) is 48.5 Å². The Kier molecular flexibility index (Phi) is 49.5. The van der Waals surface area contributed by atoms with Crippen molar-refractivity contribution in [3.8, 4) is 11.5 Å². The first kappa shape index (κ1) is 113. The second-order valence-electron chi connectivity index (χ2n) is 34.7. The molecule has 0 aromatic heterocycles. The maximum atomic E-state index is 14.8. The molecule has 0 radical (unpaired) electrons. The van der Waals surface area contributed by atoms with Crippen LogP contribution in [-0.2, 0) is 115 Å². The summed E-state index contributed by atoms with van der Waals surface area (Å²) in [5.41, 5.74) is 6.76. The summed E-state index contributed by atoms with van der Waals surface area (Å²) < 4.78 is 0. The molecule has 4 rings (SSSR count). The van der Waals surface area contributed by atoms with E-state index in [2.05, 4.69) is 37.2 Å². The van der Waals surface area contributed by atoms with Gasteiger partial charge in [-0.15, -0.1) is 11.8 Å². The number of thioether (sulfide) groups is 1. The van der Waals surface area contributed by atoms with Crippen LogP contribution in [0.1, 0.15) is 194 Å². The first-order chi connectivity index (χ1) is 62.3. The summed E-state index contributed by atoms with van der Waals surface area (Å²) in [4.78, 5) is 273. The van der Waals surface area contributed by atoms with Gasteiger partial charge in [-0.25, -0.2) is 0 Å². The molecular weight excluding hydrogens is 1740 g/mol. The maximum absolute atomic E-state index is 14.8. The number of carboxylic acids is 3. The zero-order valence-corrected chi connectivity index (χ0v) is 76.8. The number of carboxylic acid groups (broad SMARTS) is 3. The topological polar surface area (TPSA) is 637 Å². The van der Waals surface area contributed by atoms with E-state index >= 15 is 0 Å². The minimum absolute atomic E-state index is 0.0141. The van der Waals surface area contributed by atoms with Crippen LogP contribution in [0.3, 0.4) is 0 Å². The summed E-state index contributed by atoms with van der Waals surface area (Å²) >= 11 is 0.940. The van der Waals surface area contributed by atoms with Crippen LogP contribution in [0.25, 0.3) is 0 Å². The molecule has 1 fully saturated rings. The summed E-state index contributed by atoms with van der Waals surface area (Å²) in [6.45, 7) is 9.81. The van der Waals surface area contributed by atoms with Gasteiger partial charge >= 0.3 is 17.9 Å². The number of Topliss-reactive ketones (excluding diaryl/α,β-unsaturated/α-hetero) is 8. The quantitative estimate of drug-likeness (QED) is 0.0285. The lowest BCUT2D eigenvalue weighted by Gasteiger charge is -2.28. The van der Waals surface area contributed by atoms with Gasteiger partial charge in [0.1, 0.15) is 29.1 Å². The van der Waals surface area contributed by atoms with Crippen LogP contribution in [0.15, 0.2) is 78.9 Å². The van der Waals surface area contributed by atoms with Gasteiger partial charge in [-0.05, 0) is 131 Å². The van der Waals surface area contributed by atoms with E-state index in [0.717, 1.165) is 30.5 Å². The molecule has 0 spiro atoms. The van der Waals surface area contributed by atoms with Crippen molar-refractivity contribution in [1.82, 2.24) is 42.1 Å². The SMILES string of the molecule is CC[C@H](C)[C@H](NC(=O)[C@H](CO)CC(=O)[C@H](Cc1ccc(O)cc1)NC(=O)[C@H](CC(=O)O)CC(=O)[C@H](CO)NC(=O)[C@@H](CC(=O)[C@H](Cc1ccccc1)NC(=O)[C@@H](CC(=O)CNC(=O)[C@H](CCC(=O)O)CC(=O)CSCC(=O)CCCN1C(=O)C[C@@H](C)C1=O)[C@@H](C)O)[C@@H](C)O)C(=O)C[C@@H](Cc1ccc(O)cc1)C(=O)N[C@@H](CC(C)C)C(=O)C[C@@H](CC(=O)O)C(=O)N[C@H](C)CCCCN. The van der Waals surface area contributed by atoms with Crippen molar-refractivity contribution in [2.45, 2.75) is 245 Å². The number of unbranched alkanes of at least 4 members (excludes halogenated alkanes) is 1. The molecule has 728 valence electrons. The highest BCUT2D eigenvalue weighted by Gasteiger charge is 2.42. The molecule has 1 aliphatic heterocycles. The van der Waals surface area contributed by atoms with Crippen LogP contribution in [0.4, 0.5) is 0 Å². The predicted molar refractivity (Wildman–Crippen MR) is 479 cm³/mol. The van der Waals surface area contributed by atoms with Crippen LogP contribution in [0.2, 0.25) is 0 Å². The number of nitrogens with zero attached hydrogens (tertiary/aromatic N) is 1. The van der Waals surface area contributed by atoms with Crippen LogP contribution >= 0.6 is 11.8 Å². The van der Waals surface area contributed by atoms with Crippen LogP contribution in [0.5, 0.6) is 11.5 Å². The fourth-order valence-electron chi connectivity index (χ4n) is 15.1. The molecule has 39 heteroatoms. The van der Waals surface area contributed by atoms with Crippen molar-refractivity contribution in [3.63, 3.8) is 0 Å². The molecule has 38 nitrogen and oxygen atoms in total. The third-order valence-electron chi connectivity index (χ3n) is 23.0. The largest absolute Gasteiger partial charge is 0.508 e. The molecular formula is C93H131N9O29S. The molecule has 132 heavy (non-hydrogen) atoms. The number of aromatic hydroxyl groups is 2. The Morgan fingerprint density at radius 3 is 1.43 bits per heavy atom. The number of aliphatic carboxylic acids is 3. The van der Waals surface area contributed by atoms with E-state index in [9.17, 15) is 142 Å². The third kappa shape index (κ3) is 40.4. The average Bonchev–Trinajstić information content (AvgIpc) is 1.30. The van der Waals surface area contributed by atoms with Crippen molar-refractivity contribution in [2.24, 2.45) is 64.9 Å². The first-order valence-electron chi connectivity index (χ1n) is 44.5. The highest BCUT2D eigenvalue weighted by molar-refractivity contribution is 8.00. The Morgan fingerprint density at radius 1 is 0.455 bits per heavy atom. The zero-order valence-electron chi connectivity index (χ0n) is 76.0. The molecule has 0 aliphatic carbocycles. The lowest BCUT2D eigenvalue weighted by atomic mass is 9.85. The van der Waals surface area contributed by atoms with Gasteiger partial charge in [-0.2, -0.15) is 0 Å². The third-order valence-corrected chi connectivity index (χ3v) is 24.1. The minimum atomic E-state index is -2.00. The number of phenolic OH excluding ortho intramolecular Hbond substituents is 2. The van der Waals surface area contributed by atoms with E-state index < -0.39 is 292 Å². The Balaban J connectivity index is 1.52. The van der Waals surface area contributed by atoms with Gasteiger partial charge in [0, 0.05) is 94.5 Å². The van der Waals surface area contributed by atoms with E-state index in [0.29, 0.717) is 36.9 Å². The number of imide groups is 1. The Hall–Kier alpha value is -11.4. The number of aliphatic hydroxyl groups is 4. The molecule has 1 saturated heterocycles. The van der Waals surface area contributed by atoms with Crippen molar-refractivity contribution in [1.29, 1.82) is 0 Å².